The first kappa shape index (κ1) is 6.10. The molecule has 1 nitrogen and oxygen atoms in total. The number of nitrogens with zero attached hydrogens (tertiary/aromatic N) is 1. The number of aliphatic imine (C=N–C) groups is 1. The predicted octanol–water partition coefficient (Wildman–Crippen LogP) is 2.33. The van der Waals surface area contributed by atoms with E-state index in [1.165, 1.54) is 24.1 Å². The summed E-state index contributed by atoms with van der Waals surface area (Å²) in [6.45, 7) is 1.03. The SMILES string of the molecule is c1cc(C2=NCCC2)cs1. The van der Waals surface area contributed by atoms with Crippen LogP contribution in [0.1, 0.15) is 18.4 Å². The molecule has 0 saturated heterocycles. The molecule has 2 heterocycles. The third-order valence-corrected chi connectivity index (χ3v) is 2.41. The second-order valence-electron chi connectivity index (χ2n) is 2.44. The maximum Gasteiger partial charge on any atom is 0.0429 e. The van der Waals surface area contributed by atoms with Crippen molar-refractivity contribution >= 4 is 17.0 Å². The highest BCUT2D eigenvalue weighted by molar-refractivity contribution is 7.08. The molecule has 2 rings (SSSR count). The summed E-state index contributed by atoms with van der Waals surface area (Å²) in [6, 6.07) is 2.15. The molecule has 0 fully saturated rings. The normalized spacial score (nSPS) is 17.4. The lowest BCUT2D eigenvalue weighted by molar-refractivity contribution is 0.951. The van der Waals surface area contributed by atoms with Crippen molar-refractivity contribution in [3.63, 3.8) is 0 Å². The molecular formula is C8H9NS. The summed E-state index contributed by atoms with van der Waals surface area (Å²) in [5.41, 5.74) is 2.64. The van der Waals surface area contributed by atoms with Crippen LogP contribution in [0, 0.1) is 0 Å². The van der Waals surface area contributed by atoms with Crippen molar-refractivity contribution in [1.29, 1.82) is 0 Å². The molecular weight excluding hydrogens is 142 g/mol. The zero-order valence-corrected chi connectivity index (χ0v) is 6.53. The molecule has 0 unspecified atom stereocenters. The Kier molecular flexibility index (Phi) is 1.55. The maximum absolute atomic E-state index is 4.40. The van der Waals surface area contributed by atoms with Crippen LogP contribution in [0.5, 0.6) is 0 Å². The zero-order chi connectivity index (χ0) is 6.81. The van der Waals surface area contributed by atoms with E-state index in [9.17, 15) is 0 Å². The third-order valence-electron chi connectivity index (χ3n) is 1.73. The van der Waals surface area contributed by atoms with Crippen LogP contribution in [0.15, 0.2) is 21.8 Å². The molecule has 0 atom stereocenters. The van der Waals surface area contributed by atoms with Crippen molar-refractivity contribution in [2.75, 3.05) is 6.54 Å². The van der Waals surface area contributed by atoms with E-state index >= 15 is 0 Å². The Morgan fingerprint density at radius 3 is 3.10 bits per heavy atom. The summed E-state index contributed by atoms with van der Waals surface area (Å²) >= 11 is 1.75. The number of hydrogen-bond donors (Lipinski definition) is 0. The van der Waals surface area contributed by atoms with E-state index in [1.807, 2.05) is 0 Å². The van der Waals surface area contributed by atoms with Gasteiger partial charge in [-0.05, 0) is 29.7 Å². The minimum Gasteiger partial charge on any atom is -0.289 e. The highest BCUT2D eigenvalue weighted by atomic mass is 32.1. The Bertz CT molecular complexity index is 236. The molecule has 1 aliphatic rings. The van der Waals surface area contributed by atoms with E-state index in [0.29, 0.717) is 0 Å². The molecule has 2 heteroatoms. The zero-order valence-electron chi connectivity index (χ0n) is 5.71. The minimum atomic E-state index is 1.03. The Balaban J connectivity index is 2.28. The van der Waals surface area contributed by atoms with Gasteiger partial charge in [-0.1, -0.05) is 0 Å². The summed E-state index contributed by atoms with van der Waals surface area (Å²) in [4.78, 5) is 4.40. The van der Waals surface area contributed by atoms with Crippen molar-refractivity contribution in [2.45, 2.75) is 12.8 Å². The van der Waals surface area contributed by atoms with Gasteiger partial charge in [0.1, 0.15) is 0 Å². The summed E-state index contributed by atoms with van der Waals surface area (Å²) < 4.78 is 0. The van der Waals surface area contributed by atoms with Gasteiger partial charge in [-0.25, -0.2) is 0 Å². The topological polar surface area (TPSA) is 12.4 Å². The molecule has 1 aromatic heterocycles. The van der Waals surface area contributed by atoms with Gasteiger partial charge in [-0.15, -0.1) is 0 Å². The fourth-order valence-corrected chi connectivity index (χ4v) is 1.87. The van der Waals surface area contributed by atoms with Crippen LogP contribution in [-0.2, 0) is 0 Å². The van der Waals surface area contributed by atoms with Gasteiger partial charge in [0, 0.05) is 17.8 Å². The fraction of sp³-hybridized carbons (Fsp3) is 0.375. The van der Waals surface area contributed by atoms with Crippen molar-refractivity contribution in [1.82, 2.24) is 0 Å². The number of hydrogen-bond acceptors (Lipinski definition) is 2. The summed E-state index contributed by atoms with van der Waals surface area (Å²) in [5.74, 6) is 0. The van der Waals surface area contributed by atoms with Crippen molar-refractivity contribution in [3.8, 4) is 0 Å². The van der Waals surface area contributed by atoms with Gasteiger partial charge < -0.3 is 0 Å². The van der Waals surface area contributed by atoms with Crippen LogP contribution in [0.25, 0.3) is 0 Å². The smallest absolute Gasteiger partial charge is 0.0429 e. The van der Waals surface area contributed by atoms with Crippen LogP contribution in [0.3, 0.4) is 0 Å². The van der Waals surface area contributed by atoms with Crippen LogP contribution < -0.4 is 0 Å². The molecule has 52 valence electrons. The summed E-state index contributed by atoms with van der Waals surface area (Å²) in [7, 11) is 0. The van der Waals surface area contributed by atoms with Gasteiger partial charge in [0.2, 0.25) is 0 Å². The first-order chi connectivity index (χ1) is 4.97. The van der Waals surface area contributed by atoms with E-state index in [2.05, 4.69) is 21.8 Å². The Morgan fingerprint density at radius 1 is 1.50 bits per heavy atom. The van der Waals surface area contributed by atoms with E-state index < -0.39 is 0 Å². The molecule has 0 N–H and O–H groups in total. The Hall–Kier alpha value is -0.630. The Morgan fingerprint density at radius 2 is 2.50 bits per heavy atom. The lowest BCUT2D eigenvalue weighted by Crippen LogP contribution is -1.91. The molecule has 10 heavy (non-hydrogen) atoms. The first-order valence-electron chi connectivity index (χ1n) is 3.53. The average Bonchev–Trinajstić information content (AvgIpc) is 2.59. The average molecular weight is 151 g/mol. The molecule has 0 bridgehead atoms. The van der Waals surface area contributed by atoms with E-state index in [4.69, 9.17) is 0 Å². The van der Waals surface area contributed by atoms with Crippen molar-refractivity contribution in [2.24, 2.45) is 4.99 Å². The molecule has 0 saturated carbocycles. The van der Waals surface area contributed by atoms with Crippen LogP contribution >= 0.6 is 11.3 Å². The monoisotopic (exact) mass is 151 g/mol. The molecule has 0 spiro atoms. The minimum absolute atomic E-state index is 1.03. The fourth-order valence-electron chi connectivity index (χ4n) is 1.20. The number of thiophene rings is 1. The quantitative estimate of drug-likeness (QED) is 0.584. The van der Waals surface area contributed by atoms with Gasteiger partial charge in [-0.3, -0.25) is 4.99 Å². The van der Waals surface area contributed by atoms with E-state index in [1.54, 1.807) is 11.3 Å². The van der Waals surface area contributed by atoms with Crippen LogP contribution in [-0.4, -0.2) is 12.3 Å². The second-order valence-corrected chi connectivity index (χ2v) is 3.22. The van der Waals surface area contributed by atoms with E-state index in [-0.39, 0.29) is 0 Å². The van der Waals surface area contributed by atoms with Crippen LogP contribution in [0.4, 0.5) is 0 Å². The Labute approximate surface area is 64.4 Å². The number of rotatable bonds is 1. The van der Waals surface area contributed by atoms with Gasteiger partial charge in [0.05, 0.1) is 0 Å². The maximum atomic E-state index is 4.40. The van der Waals surface area contributed by atoms with E-state index in [0.717, 1.165) is 6.54 Å². The standard InChI is InChI=1S/C8H9NS/c1-2-8(9-4-1)7-3-5-10-6-7/h3,5-6H,1-2,4H2. The lowest BCUT2D eigenvalue weighted by atomic mass is 10.1. The summed E-state index contributed by atoms with van der Waals surface area (Å²) in [5, 5.41) is 4.28. The molecule has 0 radical (unpaired) electrons. The van der Waals surface area contributed by atoms with Gasteiger partial charge in [0.25, 0.3) is 0 Å². The van der Waals surface area contributed by atoms with Gasteiger partial charge >= 0.3 is 0 Å². The molecule has 0 aliphatic carbocycles. The highest BCUT2D eigenvalue weighted by Gasteiger charge is 2.07. The largest absolute Gasteiger partial charge is 0.289 e. The second kappa shape index (κ2) is 2.54. The lowest BCUT2D eigenvalue weighted by Gasteiger charge is -1.91. The highest BCUT2D eigenvalue weighted by Crippen LogP contribution is 2.15. The van der Waals surface area contributed by atoms with Gasteiger partial charge in [-0.2, -0.15) is 11.3 Å². The van der Waals surface area contributed by atoms with Gasteiger partial charge in [0.15, 0.2) is 0 Å². The predicted molar refractivity (Wildman–Crippen MR) is 45.0 cm³/mol. The third kappa shape index (κ3) is 0.991. The molecule has 0 amide bonds. The van der Waals surface area contributed by atoms with Crippen LogP contribution in [0.2, 0.25) is 0 Å². The molecule has 1 aliphatic heterocycles. The van der Waals surface area contributed by atoms with Crippen molar-refractivity contribution in [3.05, 3.63) is 22.4 Å². The van der Waals surface area contributed by atoms with Crippen molar-refractivity contribution < 1.29 is 0 Å². The molecule has 0 aromatic carbocycles. The first-order valence-corrected chi connectivity index (χ1v) is 4.47. The molecule has 1 aromatic rings. The summed E-state index contributed by atoms with van der Waals surface area (Å²) in [6.07, 6.45) is 2.42.